The molecule has 0 atom stereocenters. The Balaban J connectivity index is 1.94. The second-order valence-electron chi connectivity index (χ2n) is 6.36. The highest BCUT2D eigenvalue weighted by molar-refractivity contribution is 6.51. The van der Waals surface area contributed by atoms with E-state index in [4.69, 9.17) is 4.74 Å². The maximum absolute atomic E-state index is 12.7. The van der Waals surface area contributed by atoms with Crippen molar-refractivity contribution in [2.75, 3.05) is 7.11 Å². The molecule has 0 saturated carbocycles. The third-order valence-electron chi connectivity index (χ3n) is 4.34. The molecule has 0 radical (unpaired) electrons. The van der Waals surface area contributed by atoms with Crippen LogP contribution in [0.1, 0.15) is 41.4 Å². The van der Waals surface area contributed by atoms with Crippen LogP contribution < -0.4 is 4.74 Å². The highest BCUT2D eigenvalue weighted by Gasteiger charge is 2.24. The molecule has 7 nitrogen and oxygen atoms in total. The molecule has 0 aromatic heterocycles. The van der Waals surface area contributed by atoms with Crippen LogP contribution in [0.3, 0.4) is 0 Å². The average molecular weight is 404 g/mol. The number of rotatable bonds is 7. The molecule has 3 rings (SSSR count). The fourth-order valence-corrected chi connectivity index (χ4v) is 2.73. The maximum atomic E-state index is 12.7. The molecule has 0 heterocycles. The number of hydrogen-bond acceptors (Lipinski definition) is 7. The molecule has 0 aliphatic heterocycles. The van der Waals surface area contributed by atoms with Gasteiger partial charge in [0, 0.05) is 22.3 Å². The lowest BCUT2D eigenvalue weighted by Gasteiger charge is -2.08. The van der Waals surface area contributed by atoms with Crippen LogP contribution in [-0.2, 0) is 0 Å². The van der Waals surface area contributed by atoms with E-state index < -0.39 is 23.1 Å². The van der Waals surface area contributed by atoms with E-state index in [1.807, 2.05) is 0 Å². The molecule has 0 amide bonds. The second-order valence-corrected chi connectivity index (χ2v) is 6.36. The summed E-state index contributed by atoms with van der Waals surface area (Å²) in [6, 6.07) is 14.1. The minimum atomic E-state index is -0.897. The molecule has 0 fully saturated rings. The summed E-state index contributed by atoms with van der Waals surface area (Å²) in [5.74, 6) is -3.46. The van der Waals surface area contributed by atoms with Crippen molar-refractivity contribution < 1.29 is 34.1 Å². The van der Waals surface area contributed by atoms with Gasteiger partial charge in [-0.05, 0) is 66.7 Å². The monoisotopic (exact) mass is 404 g/mol. The largest absolute Gasteiger partial charge is 0.508 e. The average Bonchev–Trinajstić information content (AvgIpc) is 2.77. The summed E-state index contributed by atoms with van der Waals surface area (Å²) in [7, 11) is 1.32. The third kappa shape index (κ3) is 4.25. The van der Waals surface area contributed by atoms with Gasteiger partial charge in [-0.15, -0.1) is 0 Å². The number of ketones is 4. The predicted octanol–water partition coefficient (Wildman–Crippen LogP) is 3.24. The van der Waals surface area contributed by atoms with Crippen molar-refractivity contribution in [2.45, 2.75) is 0 Å². The van der Waals surface area contributed by atoms with Gasteiger partial charge in [0.1, 0.15) is 17.2 Å². The molecule has 0 spiro atoms. The van der Waals surface area contributed by atoms with Crippen LogP contribution in [0.4, 0.5) is 0 Å². The molecule has 2 N–H and O–H groups in total. The van der Waals surface area contributed by atoms with E-state index in [-0.39, 0.29) is 39.5 Å². The van der Waals surface area contributed by atoms with Crippen molar-refractivity contribution in [2.24, 2.45) is 0 Å². The van der Waals surface area contributed by atoms with Crippen LogP contribution in [-0.4, -0.2) is 40.5 Å². The summed E-state index contributed by atoms with van der Waals surface area (Å²) in [6.07, 6.45) is 0. The van der Waals surface area contributed by atoms with Gasteiger partial charge in [-0.2, -0.15) is 0 Å². The zero-order chi connectivity index (χ0) is 21.8. The number of benzene rings is 3. The Kier molecular flexibility index (Phi) is 5.73. The summed E-state index contributed by atoms with van der Waals surface area (Å²) in [5.41, 5.74) is -0.106. The molecule has 0 aliphatic rings. The molecular formula is C23H16O7. The number of methoxy groups -OCH3 is 1. The number of carbonyl (C=O) groups is 4. The summed E-state index contributed by atoms with van der Waals surface area (Å²) >= 11 is 0. The summed E-state index contributed by atoms with van der Waals surface area (Å²) in [4.78, 5) is 50.3. The summed E-state index contributed by atoms with van der Waals surface area (Å²) in [6.45, 7) is 0. The predicted molar refractivity (Wildman–Crippen MR) is 107 cm³/mol. The zero-order valence-corrected chi connectivity index (χ0v) is 15.8. The van der Waals surface area contributed by atoms with E-state index in [0.29, 0.717) is 0 Å². The van der Waals surface area contributed by atoms with E-state index in [1.54, 1.807) is 0 Å². The Morgan fingerprint density at radius 1 is 0.567 bits per heavy atom. The topological polar surface area (TPSA) is 118 Å². The van der Waals surface area contributed by atoms with Crippen molar-refractivity contribution in [3.63, 3.8) is 0 Å². The van der Waals surface area contributed by atoms with Crippen LogP contribution in [0.2, 0.25) is 0 Å². The number of aromatic hydroxyl groups is 2. The molecule has 0 aliphatic carbocycles. The number of ether oxygens (including phenoxy) is 1. The fraction of sp³-hybridized carbons (Fsp3) is 0.0435. The molecule has 3 aromatic carbocycles. The van der Waals surface area contributed by atoms with Gasteiger partial charge in [-0.3, -0.25) is 19.2 Å². The van der Waals surface area contributed by atoms with E-state index in [1.165, 1.54) is 67.8 Å². The molecule has 0 bridgehead atoms. The van der Waals surface area contributed by atoms with Gasteiger partial charge in [-0.25, -0.2) is 0 Å². The lowest BCUT2D eigenvalue weighted by Crippen LogP contribution is -2.18. The van der Waals surface area contributed by atoms with Crippen LogP contribution in [0.25, 0.3) is 0 Å². The number of carbonyl (C=O) groups excluding carboxylic acids is 4. The fourth-order valence-electron chi connectivity index (χ4n) is 2.73. The maximum Gasteiger partial charge on any atom is 0.233 e. The first-order chi connectivity index (χ1) is 14.3. The van der Waals surface area contributed by atoms with Crippen molar-refractivity contribution in [3.8, 4) is 17.2 Å². The Morgan fingerprint density at radius 3 is 1.23 bits per heavy atom. The van der Waals surface area contributed by atoms with E-state index >= 15 is 0 Å². The quantitative estimate of drug-likeness (QED) is 0.458. The minimum Gasteiger partial charge on any atom is -0.508 e. The van der Waals surface area contributed by atoms with Crippen LogP contribution in [0, 0.1) is 0 Å². The van der Waals surface area contributed by atoms with Crippen LogP contribution in [0.5, 0.6) is 17.2 Å². The third-order valence-corrected chi connectivity index (χ3v) is 4.34. The van der Waals surface area contributed by atoms with E-state index in [2.05, 4.69) is 0 Å². The van der Waals surface area contributed by atoms with Gasteiger partial charge in [0.15, 0.2) is 0 Å². The number of Topliss-reactive ketones (excluding diaryl/α,β-unsaturated/α-hetero) is 4. The lowest BCUT2D eigenvalue weighted by molar-refractivity contribution is 0.0812. The molecule has 0 saturated heterocycles. The first kappa shape index (κ1) is 20.5. The second kappa shape index (κ2) is 8.40. The van der Waals surface area contributed by atoms with Crippen LogP contribution in [0.15, 0.2) is 66.7 Å². The molecular weight excluding hydrogens is 388 g/mol. The van der Waals surface area contributed by atoms with Gasteiger partial charge in [0.05, 0.1) is 7.11 Å². The summed E-state index contributed by atoms with van der Waals surface area (Å²) < 4.78 is 5.11. The molecule has 0 unspecified atom stereocenters. The van der Waals surface area contributed by atoms with Gasteiger partial charge in [0.2, 0.25) is 23.1 Å². The van der Waals surface area contributed by atoms with Gasteiger partial charge < -0.3 is 14.9 Å². The van der Waals surface area contributed by atoms with E-state index in [9.17, 15) is 29.4 Å². The SMILES string of the molecule is COc1cc(C(=O)C(=O)c2ccc(O)cc2)cc(C(=O)C(=O)c2ccc(O)cc2)c1. The molecule has 150 valence electrons. The Hall–Kier alpha value is -4.26. The Bertz CT molecular complexity index is 1060. The van der Waals surface area contributed by atoms with Gasteiger partial charge in [0.25, 0.3) is 0 Å². The lowest BCUT2D eigenvalue weighted by atomic mass is 9.96. The molecule has 3 aromatic rings. The minimum absolute atomic E-state index is 0.0546. The smallest absolute Gasteiger partial charge is 0.233 e. The number of phenols is 2. The molecule has 7 heteroatoms. The highest BCUT2D eigenvalue weighted by Crippen LogP contribution is 2.21. The first-order valence-corrected chi connectivity index (χ1v) is 8.75. The van der Waals surface area contributed by atoms with Crippen molar-refractivity contribution in [1.29, 1.82) is 0 Å². The van der Waals surface area contributed by atoms with Crippen molar-refractivity contribution in [1.82, 2.24) is 0 Å². The summed E-state index contributed by atoms with van der Waals surface area (Å²) in [5, 5.41) is 18.6. The number of phenolic OH excluding ortho intramolecular Hbond substituents is 2. The normalized spacial score (nSPS) is 10.3. The van der Waals surface area contributed by atoms with Gasteiger partial charge in [-0.1, -0.05) is 0 Å². The van der Waals surface area contributed by atoms with Gasteiger partial charge >= 0.3 is 0 Å². The molecule has 30 heavy (non-hydrogen) atoms. The Labute approximate surface area is 171 Å². The standard InChI is InChI=1S/C23H16O7/c1-30-19-11-15(22(28)20(26)13-2-6-17(24)7-3-13)10-16(12-19)23(29)21(27)14-4-8-18(25)9-5-14/h2-12,24-25H,1H3. The van der Waals surface area contributed by atoms with Crippen molar-refractivity contribution >= 4 is 23.1 Å². The van der Waals surface area contributed by atoms with Crippen molar-refractivity contribution in [3.05, 3.63) is 89.0 Å². The number of hydrogen-bond donors (Lipinski definition) is 2. The Morgan fingerprint density at radius 2 is 0.900 bits per heavy atom. The van der Waals surface area contributed by atoms with Crippen LogP contribution >= 0.6 is 0 Å². The zero-order valence-electron chi connectivity index (χ0n) is 15.8. The van der Waals surface area contributed by atoms with E-state index in [0.717, 1.165) is 6.07 Å². The highest BCUT2D eigenvalue weighted by atomic mass is 16.5. The first-order valence-electron chi connectivity index (χ1n) is 8.75.